The van der Waals surface area contributed by atoms with Gasteiger partial charge in [-0.25, -0.2) is 14.2 Å². The van der Waals surface area contributed by atoms with Gasteiger partial charge in [0, 0.05) is 24.0 Å². The van der Waals surface area contributed by atoms with Gasteiger partial charge >= 0.3 is 5.97 Å². The van der Waals surface area contributed by atoms with E-state index in [0.717, 1.165) is 18.7 Å². The lowest BCUT2D eigenvalue weighted by atomic mass is 9.89. The van der Waals surface area contributed by atoms with Gasteiger partial charge in [0.05, 0.1) is 12.2 Å². The Kier molecular flexibility index (Phi) is 6.84. The van der Waals surface area contributed by atoms with Crippen molar-refractivity contribution in [1.82, 2.24) is 19.1 Å². The molecular formula is C23H27N5O3S. The van der Waals surface area contributed by atoms with Gasteiger partial charge in [-0.05, 0) is 68.4 Å². The topological polar surface area (TPSA) is 83.1 Å². The van der Waals surface area contributed by atoms with Crippen LogP contribution in [-0.2, 0) is 16.1 Å². The van der Waals surface area contributed by atoms with E-state index in [1.54, 1.807) is 35.9 Å². The molecule has 2 heterocycles. The Morgan fingerprint density at radius 3 is 2.47 bits per heavy atom. The van der Waals surface area contributed by atoms with Gasteiger partial charge in [-0.15, -0.1) is 0 Å². The van der Waals surface area contributed by atoms with Crippen LogP contribution in [0.1, 0.15) is 61.1 Å². The molecule has 2 aromatic heterocycles. The van der Waals surface area contributed by atoms with Gasteiger partial charge in [0.25, 0.3) is 0 Å². The summed E-state index contributed by atoms with van der Waals surface area (Å²) in [6.45, 7) is 2.08. The van der Waals surface area contributed by atoms with E-state index < -0.39 is 0 Å². The molecule has 1 amide bonds. The number of ether oxygens (including phenoxy) is 1. The summed E-state index contributed by atoms with van der Waals surface area (Å²) >= 11 is 5.69. The number of rotatable bonds is 7. The molecule has 0 radical (unpaired) electrons. The molecule has 1 fully saturated rings. The van der Waals surface area contributed by atoms with Crippen molar-refractivity contribution in [2.24, 2.45) is 0 Å². The molecule has 168 valence electrons. The standard InChI is InChI=1S/C23H27N5O3S/c1-2-31-22(30)18-10-12-19(13-11-18)24-20(29)16-27-23(32)28(26-14-6-7-15-26)21(25-27)17-8-4-3-5-9-17/h6-7,10-15,17H,2-5,8-9,16H2,1H3,(H,24,29). The van der Waals surface area contributed by atoms with Crippen molar-refractivity contribution in [2.45, 2.75) is 51.5 Å². The Morgan fingerprint density at radius 1 is 1.12 bits per heavy atom. The number of amides is 1. The predicted molar refractivity (Wildman–Crippen MR) is 123 cm³/mol. The molecule has 0 saturated heterocycles. The van der Waals surface area contributed by atoms with E-state index in [0.29, 0.717) is 28.5 Å². The van der Waals surface area contributed by atoms with Crippen LogP contribution in [0.3, 0.4) is 0 Å². The summed E-state index contributed by atoms with van der Waals surface area (Å²) in [6, 6.07) is 10.5. The number of hydrogen-bond acceptors (Lipinski definition) is 5. The second kappa shape index (κ2) is 9.95. The predicted octanol–water partition coefficient (Wildman–Crippen LogP) is 4.39. The highest BCUT2D eigenvalue weighted by Crippen LogP contribution is 2.32. The smallest absolute Gasteiger partial charge is 0.338 e. The maximum absolute atomic E-state index is 12.7. The first-order chi connectivity index (χ1) is 15.6. The summed E-state index contributed by atoms with van der Waals surface area (Å²) in [5.74, 6) is 0.602. The lowest BCUT2D eigenvalue weighted by molar-refractivity contribution is -0.116. The lowest BCUT2D eigenvalue weighted by Crippen LogP contribution is -2.20. The number of aromatic nitrogens is 4. The van der Waals surface area contributed by atoms with Crippen LogP contribution in [-0.4, -0.2) is 37.6 Å². The van der Waals surface area contributed by atoms with E-state index in [1.807, 2.05) is 33.9 Å². The summed E-state index contributed by atoms with van der Waals surface area (Å²) in [5, 5.41) is 7.61. The Morgan fingerprint density at radius 2 is 1.81 bits per heavy atom. The first-order valence-electron chi connectivity index (χ1n) is 11.0. The van der Waals surface area contributed by atoms with Crippen LogP contribution in [0.25, 0.3) is 0 Å². The van der Waals surface area contributed by atoms with Gasteiger partial charge in [0.1, 0.15) is 6.54 Å². The minimum absolute atomic E-state index is 0.00640. The Hall–Kier alpha value is -3.20. The maximum Gasteiger partial charge on any atom is 0.338 e. The number of carbonyl (C=O) groups excluding carboxylic acids is 2. The van der Waals surface area contributed by atoms with Crippen molar-refractivity contribution in [3.05, 3.63) is 65.0 Å². The van der Waals surface area contributed by atoms with E-state index in [-0.39, 0.29) is 18.4 Å². The number of nitrogens with one attached hydrogen (secondary N) is 1. The maximum atomic E-state index is 12.7. The van der Waals surface area contributed by atoms with Gasteiger partial charge < -0.3 is 10.1 Å². The molecule has 1 saturated carbocycles. The molecule has 9 heteroatoms. The molecule has 0 spiro atoms. The minimum atomic E-state index is -0.387. The zero-order valence-corrected chi connectivity index (χ0v) is 18.9. The van der Waals surface area contributed by atoms with Crippen LogP contribution >= 0.6 is 12.2 Å². The Labute approximate surface area is 191 Å². The molecule has 4 rings (SSSR count). The SMILES string of the molecule is CCOC(=O)c1ccc(NC(=O)Cn2nc(C3CCCCC3)n(-n3cccc3)c2=S)cc1. The molecular weight excluding hydrogens is 426 g/mol. The highest BCUT2D eigenvalue weighted by molar-refractivity contribution is 7.71. The second-order valence-electron chi connectivity index (χ2n) is 7.85. The number of nitrogens with zero attached hydrogens (tertiary/aromatic N) is 4. The summed E-state index contributed by atoms with van der Waals surface area (Å²) < 4.78 is 10.9. The third kappa shape index (κ3) is 4.83. The zero-order chi connectivity index (χ0) is 22.5. The van der Waals surface area contributed by atoms with Crippen molar-refractivity contribution >= 4 is 29.8 Å². The fourth-order valence-corrected chi connectivity index (χ4v) is 4.34. The average Bonchev–Trinajstić information content (AvgIpc) is 3.43. The normalized spacial score (nSPS) is 14.3. The highest BCUT2D eigenvalue weighted by Gasteiger charge is 2.24. The Bertz CT molecular complexity index is 1130. The molecule has 1 aliphatic carbocycles. The van der Waals surface area contributed by atoms with E-state index in [2.05, 4.69) is 5.32 Å². The molecule has 1 N–H and O–H groups in total. The molecule has 1 aliphatic rings. The largest absolute Gasteiger partial charge is 0.462 e. The number of anilines is 1. The van der Waals surface area contributed by atoms with Crippen molar-refractivity contribution in [3.63, 3.8) is 0 Å². The van der Waals surface area contributed by atoms with E-state index in [9.17, 15) is 9.59 Å². The monoisotopic (exact) mass is 453 g/mol. The van der Waals surface area contributed by atoms with Crippen LogP contribution in [0, 0.1) is 4.77 Å². The van der Waals surface area contributed by atoms with Gasteiger partial charge in [-0.2, -0.15) is 5.10 Å². The lowest BCUT2D eigenvalue weighted by Gasteiger charge is -2.21. The Balaban J connectivity index is 1.52. The summed E-state index contributed by atoms with van der Waals surface area (Å²) in [4.78, 5) is 24.5. The number of hydrogen-bond donors (Lipinski definition) is 1. The molecule has 3 aromatic rings. The third-order valence-electron chi connectivity index (χ3n) is 5.61. The van der Waals surface area contributed by atoms with Crippen LogP contribution in [0.15, 0.2) is 48.8 Å². The van der Waals surface area contributed by atoms with Crippen molar-refractivity contribution < 1.29 is 14.3 Å². The minimum Gasteiger partial charge on any atom is -0.462 e. The van der Waals surface area contributed by atoms with Crippen LogP contribution < -0.4 is 5.32 Å². The molecule has 0 atom stereocenters. The highest BCUT2D eigenvalue weighted by atomic mass is 32.1. The second-order valence-corrected chi connectivity index (χ2v) is 8.22. The van der Waals surface area contributed by atoms with Crippen molar-refractivity contribution in [2.75, 3.05) is 11.9 Å². The van der Waals surface area contributed by atoms with Gasteiger partial charge in [-0.1, -0.05) is 19.3 Å². The molecule has 32 heavy (non-hydrogen) atoms. The molecule has 0 unspecified atom stereocenters. The molecule has 0 bridgehead atoms. The van der Waals surface area contributed by atoms with Gasteiger partial charge in [0.15, 0.2) is 5.82 Å². The van der Waals surface area contributed by atoms with E-state index >= 15 is 0 Å². The molecule has 1 aromatic carbocycles. The fourth-order valence-electron chi connectivity index (χ4n) is 4.05. The quantitative estimate of drug-likeness (QED) is 0.424. The van der Waals surface area contributed by atoms with Crippen molar-refractivity contribution in [3.8, 4) is 0 Å². The zero-order valence-electron chi connectivity index (χ0n) is 18.1. The average molecular weight is 454 g/mol. The molecule has 0 aliphatic heterocycles. The third-order valence-corrected chi connectivity index (χ3v) is 5.99. The first-order valence-corrected chi connectivity index (χ1v) is 11.4. The number of benzene rings is 1. The number of carbonyl (C=O) groups is 2. The van der Waals surface area contributed by atoms with Gasteiger partial charge in [-0.3, -0.25) is 9.47 Å². The van der Waals surface area contributed by atoms with Crippen LogP contribution in [0.2, 0.25) is 0 Å². The van der Waals surface area contributed by atoms with Crippen molar-refractivity contribution in [1.29, 1.82) is 0 Å². The first kappa shape index (κ1) is 22.0. The summed E-state index contributed by atoms with van der Waals surface area (Å²) in [5.41, 5.74) is 1.03. The van der Waals surface area contributed by atoms with Crippen LogP contribution in [0.5, 0.6) is 0 Å². The number of esters is 1. The molecule has 8 nitrogen and oxygen atoms in total. The summed E-state index contributed by atoms with van der Waals surface area (Å²) in [6.07, 6.45) is 9.62. The van der Waals surface area contributed by atoms with Gasteiger partial charge in [0.2, 0.25) is 10.7 Å². The fraction of sp³-hybridized carbons (Fsp3) is 0.391. The van der Waals surface area contributed by atoms with Crippen LogP contribution in [0.4, 0.5) is 5.69 Å². The van der Waals surface area contributed by atoms with E-state index in [4.69, 9.17) is 22.1 Å². The van der Waals surface area contributed by atoms with E-state index in [1.165, 1.54) is 19.3 Å². The summed E-state index contributed by atoms with van der Waals surface area (Å²) in [7, 11) is 0.